The standard InChI is InChI=1S/C36H23BrN2/c37-26-9-8-12-28(23-26)39-33-15-6-4-13-29(33)31-19-17-25(22-36(31)39)24-18-20-35-32(21-24)30-14-5-7-16-34(30)38(35)27-10-2-1-3-11-27/h1-23H. The Bertz CT molecular complexity index is 2180. The SMILES string of the molecule is Brc1cccc(-n2c3ccccc3c3ccc(-c4ccc5c(c4)c4ccccc4n5-c4ccccc4)cc32)c1. The van der Waals surface area contributed by atoms with E-state index in [4.69, 9.17) is 0 Å². The minimum Gasteiger partial charge on any atom is -0.309 e. The van der Waals surface area contributed by atoms with Crippen molar-refractivity contribution in [2.24, 2.45) is 0 Å². The van der Waals surface area contributed by atoms with Gasteiger partial charge in [0.1, 0.15) is 0 Å². The number of nitrogens with zero attached hydrogens (tertiary/aromatic N) is 2. The van der Waals surface area contributed by atoms with E-state index in [1.807, 2.05) is 0 Å². The Hall–Kier alpha value is -4.60. The molecule has 0 aliphatic rings. The summed E-state index contributed by atoms with van der Waals surface area (Å²) in [4.78, 5) is 0. The van der Waals surface area contributed by atoms with E-state index >= 15 is 0 Å². The number of fused-ring (bicyclic) bond motifs is 6. The number of aromatic nitrogens is 2. The summed E-state index contributed by atoms with van der Waals surface area (Å²) in [5.74, 6) is 0. The van der Waals surface area contributed by atoms with E-state index in [0.29, 0.717) is 0 Å². The second-order valence-corrected chi connectivity index (χ2v) is 10.9. The third-order valence-corrected chi connectivity index (χ3v) is 8.25. The lowest BCUT2D eigenvalue weighted by Gasteiger charge is -2.10. The smallest absolute Gasteiger partial charge is 0.0547 e. The summed E-state index contributed by atoms with van der Waals surface area (Å²) < 4.78 is 5.81. The van der Waals surface area contributed by atoms with Crippen molar-refractivity contribution < 1.29 is 0 Å². The van der Waals surface area contributed by atoms with Gasteiger partial charge in [-0.3, -0.25) is 0 Å². The number of hydrogen-bond donors (Lipinski definition) is 0. The molecule has 8 aromatic rings. The van der Waals surface area contributed by atoms with Gasteiger partial charge in [0, 0.05) is 37.4 Å². The van der Waals surface area contributed by atoms with Crippen molar-refractivity contribution in [2.75, 3.05) is 0 Å². The minimum atomic E-state index is 1.07. The fourth-order valence-corrected chi connectivity index (χ4v) is 6.44. The van der Waals surface area contributed by atoms with Crippen LogP contribution in [0.5, 0.6) is 0 Å². The topological polar surface area (TPSA) is 9.86 Å². The fourth-order valence-electron chi connectivity index (χ4n) is 6.05. The Kier molecular flexibility index (Phi) is 5.01. The van der Waals surface area contributed by atoms with E-state index in [1.54, 1.807) is 0 Å². The second-order valence-electron chi connectivity index (χ2n) is 9.98. The van der Waals surface area contributed by atoms with Crippen LogP contribution in [0.2, 0.25) is 0 Å². The highest BCUT2D eigenvalue weighted by Crippen LogP contribution is 2.38. The van der Waals surface area contributed by atoms with Crippen LogP contribution in [0.15, 0.2) is 144 Å². The van der Waals surface area contributed by atoms with Gasteiger partial charge in [-0.2, -0.15) is 0 Å². The lowest BCUT2D eigenvalue weighted by atomic mass is 10.0. The first kappa shape index (κ1) is 22.4. The normalized spacial score (nSPS) is 11.7. The molecule has 0 fully saturated rings. The molecule has 184 valence electrons. The van der Waals surface area contributed by atoms with E-state index in [-0.39, 0.29) is 0 Å². The van der Waals surface area contributed by atoms with Gasteiger partial charge in [-0.15, -0.1) is 0 Å². The zero-order valence-electron chi connectivity index (χ0n) is 21.1. The molecule has 6 aromatic carbocycles. The molecule has 39 heavy (non-hydrogen) atoms. The average molecular weight is 563 g/mol. The predicted octanol–water partition coefficient (Wildman–Crippen LogP) is 10.3. The molecule has 0 bridgehead atoms. The van der Waals surface area contributed by atoms with Gasteiger partial charge in [0.2, 0.25) is 0 Å². The first-order valence-corrected chi connectivity index (χ1v) is 13.9. The lowest BCUT2D eigenvalue weighted by Crippen LogP contribution is -1.94. The second kappa shape index (κ2) is 8.72. The molecule has 0 spiro atoms. The van der Waals surface area contributed by atoms with Crippen molar-refractivity contribution >= 4 is 59.5 Å². The molecule has 2 aromatic heterocycles. The molecule has 0 N–H and O–H groups in total. The number of para-hydroxylation sites is 3. The maximum atomic E-state index is 3.67. The number of rotatable bonds is 3. The van der Waals surface area contributed by atoms with Gasteiger partial charge in [-0.05, 0) is 71.8 Å². The van der Waals surface area contributed by atoms with Crippen LogP contribution < -0.4 is 0 Å². The molecular formula is C36H23BrN2. The highest BCUT2D eigenvalue weighted by atomic mass is 79.9. The molecule has 0 aliphatic carbocycles. The Morgan fingerprint density at radius 3 is 1.69 bits per heavy atom. The molecule has 2 nitrogen and oxygen atoms in total. The zero-order valence-corrected chi connectivity index (χ0v) is 22.6. The third kappa shape index (κ3) is 3.47. The molecule has 3 heteroatoms. The van der Waals surface area contributed by atoms with E-state index in [2.05, 4.69) is 165 Å². The van der Waals surface area contributed by atoms with Gasteiger partial charge >= 0.3 is 0 Å². The van der Waals surface area contributed by atoms with Crippen LogP contribution in [0.3, 0.4) is 0 Å². The highest BCUT2D eigenvalue weighted by Gasteiger charge is 2.16. The van der Waals surface area contributed by atoms with E-state index in [0.717, 1.165) is 10.2 Å². The molecular weight excluding hydrogens is 540 g/mol. The van der Waals surface area contributed by atoms with Gasteiger partial charge in [0.15, 0.2) is 0 Å². The Morgan fingerprint density at radius 1 is 0.359 bits per heavy atom. The van der Waals surface area contributed by atoms with Crippen molar-refractivity contribution in [1.82, 2.24) is 9.13 Å². The quantitative estimate of drug-likeness (QED) is 0.202. The first-order chi connectivity index (χ1) is 19.3. The van der Waals surface area contributed by atoms with Crippen LogP contribution in [0, 0.1) is 0 Å². The van der Waals surface area contributed by atoms with Crippen LogP contribution in [0.4, 0.5) is 0 Å². The molecule has 2 heterocycles. The lowest BCUT2D eigenvalue weighted by molar-refractivity contribution is 1.18. The largest absolute Gasteiger partial charge is 0.309 e. The Morgan fingerprint density at radius 2 is 0.923 bits per heavy atom. The van der Waals surface area contributed by atoms with Gasteiger partial charge in [-0.1, -0.05) is 94.8 Å². The van der Waals surface area contributed by atoms with E-state index < -0.39 is 0 Å². The summed E-state index contributed by atoms with van der Waals surface area (Å²) in [5, 5.41) is 5.05. The minimum absolute atomic E-state index is 1.07. The van der Waals surface area contributed by atoms with E-state index in [1.165, 1.54) is 60.4 Å². The first-order valence-electron chi connectivity index (χ1n) is 13.1. The Labute approximate surface area is 234 Å². The van der Waals surface area contributed by atoms with Crippen LogP contribution in [0.25, 0.3) is 66.1 Å². The van der Waals surface area contributed by atoms with Gasteiger partial charge in [-0.25, -0.2) is 0 Å². The zero-order chi connectivity index (χ0) is 25.9. The van der Waals surface area contributed by atoms with Crippen molar-refractivity contribution in [3.05, 3.63) is 144 Å². The molecule has 8 rings (SSSR count). The summed E-state index contributed by atoms with van der Waals surface area (Å²) in [6, 6.07) is 50.3. The van der Waals surface area contributed by atoms with Crippen LogP contribution in [-0.2, 0) is 0 Å². The van der Waals surface area contributed by atoms with Gasteiger partial charge in [0.25, 0.3) is 0 Å². The Balaban J connectivity index is 1.38. The molecule has 0 aliphatic heterocycles. The number of benzene rings is 6. The van der Waals surface area contributed by atoms with Gasteiger partial charge < -0.3 is 9.13 Å². The van der Waals surface area contributed by atoms with Crippen LogP contribution in [0.1, 0.15) is 0 Å². The van der Waals surface area contributed by atoms with Crippen molar-refractivity contribution in [3.8, 4) is 22.5 Å². The maximum Gasteiger partial charge on any atom is 0.0547 e. The monoisotopic (exact) mass is 562 g/mol. The molecule has 0 amide bonds. The summed E-state index contributed by atoms with van der Waals surface area (Å²) in [6.07, 6.45) is 0. The average Bonchev–Trinajstić information content (AvgIpc) is 3.50. The van der Waals surface area contributed by atoms with Crippen molar-refractivity contribution in [3.63, 3.8) is 0 Å². The van der Waals surface area contributed by atoms with Gasteiger partial charge in [0.05, 0.1) is 22.1 Å². The van der Waals surface area contributed by atoms with E-state index in [9.17, 15) is 0 Å². The van der Waals surface area contributed by atoms with Crippen LogP contribution in [-0.4, -0.2) is 9.13 Å². The number of hydrogen-bond acceptors (Lipinski definition) is 0. The third-order valence-electron chi connectivity index (χ3n) is 7.76. The molecule has 0 atom stereocenters. The van der Waals surface area contributed by atoms with Crippen LogP contribution >= 0.6 is 15.9 Å². The highest BCUT2D eigenvalue weighted by molar-refractivity contribution is 9.10. The summed E-state index contributed by atoms with van der Waals surface area (Å²) in [6.45, 7) is 0. The molecule has 0 saturated carbocycles. The maximum absolute atomic E-state index is 3.67. The molecule has 0 saturated heterocycles. The van der Waals surface area contributed by atoms with Crippen molar-refractivity contribution in [2.45, 2.75) is 0 Å². The molecule has 0 unspecified atom stereocenters. The fraction of sp³-hybridized carbons (Fsp3) is 0. The molecule has 0 radical (unpaired) electrons. The number of halogens is 1. The van der Waals surface area contributed by atoms with Crippen molar-refractivity contribution in [1.29, 1.82) is 0 Å². The predicted molar refractivity (Wildman–Crippen MR) is 168 cm³/mol. The summed E-state index contributed by atoms with van der Waals surface area (Å²) >= 11 is 3.67. The summed E-state index contributed by atoms with van der Waals surface area (Å²) in [5.41, 5.74) is 9.61. The summed E-state index contributed by atoms with van der Waals surface area (Å²) in [7, 11) is 0.